The number of esters is 3. The molecule has 78 heavy (non-hydrogen) atoms. The van der Waals surface area contributed by atoms with Crippen LogP contribution >= 0.6 is 0 Å². The van der Waals surface area contributed by atoms with E-state index in [1.165, 1.54) is 193 Å². The van der Waals surface area contributed by atoms with Crippen molar-refractivity contribution in [1.29, 1.82) is 0 Å². The topological polar surface area (TPSA) is 78.9 Å². The predicted octanol–water partition coefficient (Wildman–Crippen LogP) is 23.1. The fourth-order valence-electron chi connectivity index (χ4n) is 9.62. The average Bonchev–Trinajstić information content (AvgIpc) is 3.44. The van der Waals surface area contributed by atoms with Gasteiger partial charge in [0.05, 0.1) is 0 Å². The minimum absolute atomic E-state index is 0.0767. The molecule has 0 aliphatic rings. The molecule has 0 bridgehead atoms. The first kappa shape index (κ1) is 74.6. The van der Waals surface area contributed by atoms with Crippen molar-refractivity contribution in [3.8, 4) is 0 Å². The summed E-state index contributed by atoms with van der Waals surface area (Å²) < 4.78 is 16.9. The molecule has 1 unspecified atom stereocenters. The molecule has 0 saturated carbocycles. The highest BCUT2D eigenvalue weighted by Crippen LogP contribution is 2.17. The maximum Gasteiger partial charge on any atom is 0.306 e. The molecule has 0 saturated heterocycles. The molecule has 450 valence electrons. The van der Waals surface area contributed by atoms with Crippen molar-refractivity contribution in [2.75, 3.05) is 13.2 Å². The summed E-state index contributed by atoms with van der Waals surface area (Å²) in [6.07, 6.45) is 87.5. The summed E-state index contributed by atoms with van der Waals surface area (Å²) >= 11 is 0. The van der Waals surface area contributed by atoms with Crippen LogP contribution in [0.2, 0.25) is 0 Å². The van der Waals surface area contributed by atoms with Gasteiger partial charge in [0.15, 0.2) is 6.10 Å². The Morgan fingerprint density at radius 1 is 0.269 bits per heavy atom. The van der Waals surface area contributed by atoms with Gasteiger partial charge in [-0.2, -0.15) is 0 Å². The van der Waals surface area contributed by atoms with Crippen LogP contribution in [0.4, 0.5) is 0 Å². The molecule has 0 aliphatic heterocycles. The van der Waals surface area contributed by atoms with Crippen LogP contribution in [-0.4, -0.2) is 37.2 Å². The van der Waals surface area contributed by atoms with Crippen molar-refractivity contribution < 1.29 is 28.6 Å². The molecule has 0 aromatic carbocycles. The third-order valence-corrected chi connectivity index (χ3v) is 14.6. The summed E-state index contributed by atoms with van der Waals surface area (Å²) in [5.74, 6) is -0.873. The lowest BCUT2D eigenvalue weighted by Gasteiger charge is -2.18. The molecule has 1 atom stereocenters. The second-order valence-electron chi connectivity index (χ2n) is 22.4. The van der Waals surface area contributed by atoms with Crippen molar-refractivity contribution in [1.82, 2.24) is 0 Å². The Morgan fingerprint density at radius 3 is 0.782 bits per heavy atom. The third kappa shape index (κ3) is 63.4. The summed E-state index contributed by atoms with van der Waals surface area (Å²) in [4.78, 5) is 38.3. The van der Waals surface area contributed by atoms with E-state index in [0.717, 1.165) is 103 Å². The van der Waals surface area contributed by atoms with E-state index in [4.69, 9.17) is 14.2 Å². The average molecular weight is 1090 g/mol. The van der Waals surface area contributed by atoms with E-state index in [9.17, 15) is 14.4 Å². The van der Waals surface area contributed by atoms with Gasteiger partial charge in [-0.05, 0) is 96.3 Å². The van der Waals surface area contributed by atoms with Gasteiger partial charge >= 0.3 is 17.9 Å². The van der Waals surface area contributed by atoms with E-state index in [2.05, 4.69) is 106 Å². The first-order chi connectivity index (χ1) is 38.5. The van der Waals surface area contributed by atoms with E-state index in [0.29, 0.717) is 19.3 Å². The zero-order chi connectivity index (χ0) is 56.4. The highest BCUT2D eigenvalue weighted by atomic mass is 16.6. The van der Waals surface area contributed by atoms with Gasteiger partial charge in [0.2, 0.25) is 0 Å². The van der Waals surface area contributed by atoms with Gasteiger partial charge in [-0.3, -0.25) is 14.4 Å². The van der Waals surface area contributed by atoms with Gasteiger partial charge in [-0.15, -0.1) is 0 Å². The van der Waals surface area contributed by atoms with E-state index < -0.39 is 6.10 Å². The standard InChI is InChI=1S/C72H126O6/c1-4-7-10-13-16-19-22-24-26-28-30-32-33-34-35-36-37-38-39-41-42-44-46-48-50-53-56-59-62-65-71(74)77-68-69(67-76-70(73)64-61-58-55-52-21-18-15-12-9-6-3)78-72(75)66-63-60-57-54-51-49-47-45-43-40-31-29-27-25-23-20-17-14-11-8-5-2/h8,11,17,20,22,24-25,27-28,30-31,33-34,40,69H,4-7,9-10,12-16,18-19,21,23,26,29,32,35-39,41-68H2,1-3H3/b11-8-,20-17-,24-22-,27-25-,30-28-,34-33-,40-31-. The van der Waals surface area contributed by atoms with Crippen LogP contribution in [0.5, 0.6) is 0 Å². The maximum absolute atomic E-state index is 12.9. The van der Waals surface area contributed by atoms with Gasteiger partial charge in [-0.1, -0.05) is 305 Å². The lowest BCUT2D eigenvalue weighted by molar-refractivity contribution is -0.167. The minimum Gasteiger partial charge on any atom is -0.462 e. The van der Waals surface area contributed by atoms with Gasteiger partial charge in [0.25, 0.3) is 0 Å². The van der Waals surface area contributed by atoms with Crippen LogP contribution in [0.15, 0.2) is 85.1 Å². The number of allylic oxidation sites excluding steroid dienone is 14. The lowest BCUT2D eigenvalue weighted by atomic mass is 10.0. The van der Waals surface area contributed by atoms with Crippen LogP contribution in [0.1, 0.15) is 335 Å². The quantitative estimate of drug-likeness (QED) is 0.0261. The summed E-state index contributed by atoms with van der Waals surface area (Å²) in [5, 5.41) is 0. The number of hydrogen-bond acceptors (Lipinski definition) is 6. The predicted molar refractivity (Wildman–Crippen MR) is 339 cm³/mol. The van der Waals surface area contributed by atoms with Crippen LogP contribution in [0, 0.1) is 0 Å². The number of unbranched alkanes of at least 4 members (excludes halogenated alkanes) is 36. The smallest absolute Gasteiger partial charge is 0.306 e. The second kappa shape index (κ2) is 66.1. The molecule has 0 N–H and O–H groups in total. The number of ether oxygens (including phenoxy) is 3. The van der Waals surface area contributed by atoms with Gasteiger partial charge in [-0.25, -0.2) is 0 Å². The molecule has 6 heteroatoms. The molecule has 0 fully saturated rings. The van der Waals surface area contributed by atoms with Gasteiger partial charge in [0, 0.05) is 19.3 Å². The first-order valence-electron chi connectivity index (χ1n) is 33.6. The molecule has 0 radical (unpaired) electrons. The van der Waals surface area contributed by atoms with Crippen molar-refractivity contribution in [3.05, 3.63) is 85.1 Å². The van der Waals surface area contributed by atoms with E-state index in [1.54, 1.807) is 0 Å². The molecule has 0 aliphatic carbocycles. The van der Waals surface area contributed by atoms with E-state index in [1.807, 2.05) is 0 Å². The highest BCUT2D eigenvalue weighted by Gasteiger charge is 2.19. The summed E-state index contributed by atoms with van der Waals surface area (Å²) in [6.45, 7) is 6.53. The fraction of sp³-hybridized carbons (Fsp3) is 0.764. The maximum atomic E-state index is 12.9. The summed E-state index contributed by atoms with van der Waals surface area (Å²) in [7, 11) is 0. The SMILES string of the molecule is CC/C=C\C/C=C\C/C=C\C/C=C\CCCCCCCCCCC(=O)OC(COC(=O)CCCCCCCCCCCC)COC(=O)CCCCCCCCCCCCCCCC/C=C\C/C=C\C/C=C\CCCCCCC. The molecular formula is C72H126O6. The van der Waals surface area contributed by atoms with Crippen LogP contribution in [0.25, 0.3) is 0 Å². The normalized spacial score (nSPS) is 12.6. The zero-order valence-electron chi connectivity index (χ0n) is 51.7. The Morgan fingerprint density at radius 2 is 0.500 bits per heavy atom. The molecular weight excluding hydrogens is 961 g/mol. The Labute approximate surface area is 484 Å². The van der Waals surface area contributed by atoms with Crippen LogP contribution in [-0.2, 0) is 28.6 Å². The highest BCUT2D eigenvalue weighted by molar-refractivity contribution is 5.71. The summed E-state index contributed by atoms with van der Waals surface area (Å²) in [5.41, 5.74) is 0. The molecule has 0 heterocycles. The second-order valence-corrected chi connectivity index (χ2v) is 22.4. The number of carbonyl (C=O) groups excluding carboxylic acids is 3. The molecule has 0 spiro atoms. The summed E-state index contributed by atoms with van der Waals surface area (Å²) in [6, 6.07) is 0. The molecule has 6 nitrogen and oxygen atoms in total. The minimum atomic E-state index is -0.780. The first-order valence-corrected chi connectivity index (χ1v) is 33.6. The Kier molecular flexibility index (Phi) is 63.2. The Hall–Kier alpha value is -3.41. The number of carbonyl (C=O) groups is 3. The molecule has 0 aromatic heterocycles. The van der Waals surface area contributed by atoms with Crippen molar-refractivity contribution in [2.24, 2.45) is 0 Å². The number of rotatable bonds is 61. The fourth-order valence-corrected chi connectivity index (χ4v) is 9.62. The third-order valence-electron chi connectivity index (χ3n) is 14.6. The molecule has 0 aromatic rings. The van der Waals surface area contributed by atoms with Gasteiger partial charge in [0.1, 0.15) is 13.2 Å². The van der Waals surface area contributed by atoms with E-state index in [-0.39, 0.29) is 31.1 Å². The van der Waals surface area contributed by atoms with Crippen molar-refractivity contribution in [2.45, 2.75) is 341 Å². The van der Waals surface area contributed by atoms with E-state index >= 15 is 0 Å². The molecule has 0 amide bonds. The van der Waals surface area contributed by atoms with Gasteiger partial charge < -0.3 is 14.2 Å². The zero-order valence-corrected chi connectivity index (χ0v) is 51.7. The van der Waals surface area contributed by atoms with Crippen molar-refractivity contribution in [3.63, 3.8) is 0 Å². The monoisotopic (exact) mass is 1090 g/mol. The largest absolute Gasteiger partial charge is 0.462 e. The van der Waals surface area contributed by atoms with Crippen LogP contribution < -0.4 is 0 Å². The Balaban J connectivity index is 4.20. The lowest BCUT2D eigenvalue weighted by Crippen LogP contribution is -2.30. The Bertz CT molecular complexity index is 1480. The number of hydrogen-bond donors (Lipinski definition) is 0. The van der Waals surface area contributed by atoms with Crippen LogP contribution in [0.3, 0.4) is 0 Å². The van der Waals surface area contributed by atoms with Crippen molar-refractivity contribution >= 4 is 17.9 Å². The molecule has 0 rings (SSSR count).